The number of fused-ring (bicyclic) bond motifs is 7. The molecule has 1 saturated carbocycles. The van der Waals surface area contributed by atoms with Crippen LogP contribution in [0.15, 0.2) is 186 Å². The van der Waals surface area contributed by atoms with Crippen molar-refractivity contribution in [2.24, 2.45) is 10.9 Å². The first-order valence-electron chi connectivity index (χ1n) is 23.7. The monoisotopic (exact) mass is 816 g/mol. The summed E-state index contributed by atoms with van der Waals surface area (Å²) in [6.07, 6.45) is 30.0. The van der Waals surface area contributed by atoms with Crippen LogP contribution in [0.2, 0.25) is 0 Å². The van der Waals surface area contributed by atoms with Gasteiger partial charge in [-0.3, -0.25) is 0 Å². The van der Waals surface area contributed by atoms with Gasteiger partial charge in [-0.2, -0.15) is 0 Å². The van der Waals surface area contributed by atoms with Gasteiger partial charge in [-0.05, 0) is 111 Å². The Hall–Kier alpha value is -6.25. The highest BCUT2D eigenvalue weighted by Crippen LogP contribution is 2.65. The van der Waals surface area contributed by atoms with Crippen LogP contribution < -0.4 is 5.32 Å². The van der Waals surface area contributed by atoms with Crippen molar-refractivity contribution in [3.05, 3.63) is 226 Å². The Balaban J connectivity index is 0.861. The molecular formula is C61H56N2. The first-order chi connectivity index (χ1) is 30.9. The number of hydrogen-bond acceptors (Lipinski definition) is 2. The summed E-state index contributed by atoms with van der Waals surface area (Å²) in [5, 5.41) is 3.87. The zero-order valence-corrected chi connectivity index (χ0v) is 36.7. The van der Waals surface area contributed by atoms with Crippen LogP contribution in [0, 0.1) is 5.92 Å². The van der Waals surface area contributed by atoms with Crippen molar-refractivity contribution in [1.29, 1.82) is 0 Å². The lowest BCUT2D eigenvalue weighted by Gasteiger charge is -2.39. The topological polar surface area (TPSA) is 24.4 Å². The highest BCUT2D eigenvalue weighted by atomic mass is 15.1. The summed E-state index contributed by atoms with van der Waals surface area (Å²) in [6, 6.07) is 45.8. The molecule has 0 saturated heterocycles. The first-order valence-corrected chi connectivity index (χ1v) is 23.7. The molecule has 6 aliphatic carbocycles. The average Bonchev–Trinajstić information content (AvgIpc) is 3.74. The van der Waals surface area contributed by atoms with E-state index in [0.29, 0.717) is 5.92 Å². The number of nitrogens with one attached hydrogen (secondary N) is 1. The minimum atomic E-state index is 0.0442. The minimum Gasteiger partial charge on any atom is -0.363 e. The summed E-state index contributed by atoms with van der Waals surface area (Å²) in [4.78, 5) is 5.23. The minimum absolute atomic E-state index is 0.0442. The zero-order valence-electron chi connectivity index (χ0n) is 36.7. The van der Waals surface area contributed by atoms with Gasteiger partial charge in [-0.1, -0.05) is 208 Å². The van der Waals surface area contributed by atoms with Crippen LogP contribution >= 0.6 is 0 Å². The molecule has 1 fully saturated rings. The molecule has 5 aromatic rings. The maximum absolute atomic E-state index is 5.23. The van der Waals surface area contributed by atoms with Crippen molar-refractivity contribution in [1.82, 2.24) is 5.32 Å². The third-order valence-corrected chi connectivity index (χ3v) is 15.8. The molecule has 310 valence electrons. The molecule has 63 heavy (non-hydrogen) atoms. The van der Waals surface area contributed by atoms with Crippen molar-refractivity contribution < 1.29 is 0 Å². The van der Waals surface area contributed by atoms with Crippen LogP contribution in [0.1, 0.15) is 122 Å². The van der Waals surface area contributed by atoms with Gasteiger partial charge >= 0.3 is 0 Å². The van der Waals surface area contributed by atoms with E-state index in [4.69, 9.17) is 4.99 Å². The smallest absolute Gasteiger partial charge is 0.134 e. The van der Waals surface area contributed by atoms with E-state index < -0.39 is 0 Å². The van der Waals surface area contributed by atoms with Gasteiger partial charge in [-0.15, -0.1) is 0 Å². The normalized spacial score (nSPS) is 23.7. The molecule has 1 spiro atoms. The first kappa shape index (κ1) is 38.4. The Bertz CT molecular complexity index is 2900. The fraction of sp³-hybridized carbons (Fsp3) is 0.262. The average molecular weight is 817 g/mol. The second kappa shape index (κ2) is 15.2. The van der Waals surface area contributed by atoms with E-state index in [0.717, 1.165) is 48.3 Å². The molecule has 5 aromatic carbocycles. The van der Waals surface area contributed by atoms with Crippen LogP contribution in [0.25, 0.3) is 33.5 Å². The van der Waals surface area contributed by atoms with Gasteiger partial charge < -0.3 is 5.32 Å². The van der Waals surface area contributed by atoms with Gasteiger partial charge in [0.2, 0.25) is 0 Å². The lowest BCUT2D eigenvalue weighted by Crippen LogP contribution is -2.41. The molecule has 2 nitrogen and oxygen atoms in total. The second-order valence-electron chi connectivity index (χ2n) is 19.6. The largest absolute Gasteiger partial charge is 0.363 e. The van der Waals surface area contributed by atoms with Crippen molar-refractivity contribution in [2.45, 2.75) is 94.4 Å². The van der Waals surface area contributed by atoms with E-state index >= 15 is 0 Å². The van der Waals surface area contributed by atoms with Crippen LogP contribution in [0.4, 0.5) is 0 Å². The number of allylic oxidation sites excluding steroid dienone is 11. The van der Waals surface area contributed by atoms with Gasteiger partial charge in [0.15, 0.2) is 0 Å². The van der Waals surface area contributed by atoms with Gasteiger partial charge in [-0.25, -0.2) is 4.99 Å². The molecule has 0 radical (unpaired) electrons. The standard InChI is InChI=1S/C61H56N2/c1-60(2)52-24-11-10-22-49(52)50-37-55-51(38-54(50)60)58-48(23-15-25-53(58)61(55)34-12-5-13-35-61)43-30-26-42(27-31-43)46-20-14-21-47(36-46)57-39-56(62-59(63-57)45-18-8-4-9-19-45)44-32-28-41(29-33-44)40-16-6-3-7-17-40/h4,6,8-11,14-20,22-33,36-37,39,47,51,57H,3,5,7,12-13,21,34-35,38H2,1-2H3,(H,62,63). The number of aliphatic imine (C=N–C) groups is 1. The highest BCUT2D eigenvalue weighted by Gasteiger charge is 2.52. The number of amidine groups is 1. The third kappa shape index (κ3) is 6.39. The molecule has 1 aliphatic heterocycles. The maximum Gasteiger partial charge on any atom is 0.134 e. The van der Waals surface area contributed by atoms with E-state index in [2.05, 4.69) is 189 Å². The number of hydrogen-bond donors (Lipinski definition) is 1. The Morgan fingerprint density at radius 1 is 0.603 bits per heavy atom. The molecule has 7 aliphatic rings. The molecule has 0 amide bonds. The molecule has 3 atom stereocenters. The van der Waals surface area contributed by atoms with E-state index in [1.807, 2.05) is 0 Å². The molecule has 0 bridgehead atoms. The van der Waals surface area contributed by atoms with Crippen LogP contribution in [-0.2, 0) is 10.8 Å². The van der Waals surface area contributed by atoms with Crippen molar-refractivity contribution >= 4 is 28.3 Å². The maximum atomic E-state index is 5.23. The van der Waals surface area contributed by atoms with E-state index in [1.54, 1.807) is 22.3 Å². The van der Waals surface area contributed by atoms with Crippen molar-refractivity contribution in [3.8, 4) is 11.1 Å². The number of nitrogens with zero attached hydrogens (tertiary/aromatic N) is 1. The quantitative estimate of drug-likeness (QED) is 0.181. The molecular weight excluding hydrogens is 761 g/mol. The second-order valence-corrected chi connectivity index (χ2v) is 19.6. The van der Waals surface area contributed by atoms with Gasteiger partial charge in [0.25, 0.3) is 0 Å². The summed E-state index contributed by atoms with van der Waals surface area (Å²) in [7, 11) is 0. The van der Waals surface area contributed by atoms with E-state index in [9.17, 15) is 0 Å². The van der Waals surface area contributed by atoms with E-state index in [-0.39, 0.29) is 22.8 Å². The van der Waals surface area contributed by atoms with Crippen LogP contribution in [-0.4, -0.2) is 11.9 Å². The Morgan fingerprint density at radius 3 is 2.10 bits per heavy atom. The summed E-state index contributed by atoms with van der Waals surface area (Å²) in [5.74, 6) is 1.64. The highest BCUT2D eigenvalue weighted by molar-refractivity contribution is 6.03. The fourth-order valence-electron chi connectivity index (χ4n) is 12.6. The summed E-state index contributed by atoms with van der Waals surface area (Å²) < 4.78 is 0. The molecule has 1 N–H and O–H groups in total. The molecule has 0 aromatic heterocycles. The lowest BCUT2D eigenvalue weighted by atomic mass is 9.64. The number of benzene rings is 5. The summed E-state index contributed by atoms with van der Waals surface area (Å²) in [6.45, 7) is 4.93. The molecule has 2 heteroatoms. The van der Waals surface area contributed by atoms with Gasteiger partial charge in [0.05, 0.1) is 11.7 Å². The summed E-state index contributed by atoms with van der Waals surface area (Å²) in [5.41, 5.74) is 22.4. The molecule has 12 rings (SSSR count). The van der Waals surface area contributed by atoms with Crippen molar-refractivity contribution in [2.75, 3.05) is 0 Å². The van der Waals surface area contributed by atoms with Crippen LogP contribution in [0.3, 0.4) is 0 Å². The van der Waals surface area contributed by atoms with E-state index in [1.165, 1.54) is 82.2 Å². The Labute approximate surface area is 374 Å². The predicted octanol–water partition coefficient (Wildman–Crippen LogP) is 14.9. The fourth-order valence-corrected chi connectivity index (χ4v) is 12.6. The van der Waals surface area contributed by atoms with Gasteiger partial charge in [0.1, 0.15) is 5.84 Å². The zero-order chi connectivity index (χ0) is 42.1. The van der Waals surface area contributed by atoms with Gasteiger partial charge in [0, 0.05) is 28.2 Å². The number of rotatable bonds is 6. The summed E-state index contributed by atoms with van der Waals surface area (Å²) >= 11 is 0. The Morgan fingerprint density at radius 2 is 1.30 bits per heavy atom. The van der Waals surface area contributed by atoms with Crippen LogP contribution in [0.5, 0.6) is 0 Å². The van der Waals surface area contributed by atoms with Crippen molar-refractivity contribution in [3.63, 3.8) is 0 Å². The lowest BCUT2D eigenvalue weighted by molar-refractivity contribution is 0.341. The molecule has 3 unspecified atom stereocenters. The molecule has 1 heterocycles. The predicted molar refractivity (Wildman–Crippen MR) is 264 cm³/mol. The third-order valence-electron chi connectivity index (χ3n) is 15.8. The SMILES string of the molecule is CC1(C)C2=C(C=C3C(C2)c2c(-c4ccc(C5=CC(C6C=C(c7ccc(C8=CCCC=C8)cc7)N=C(c7ccccc7)N6)CC=C5)cc4)cccc2C32CCCCC2)c2ccccc21. The Kier molecular flexibility index (Phi) is 9.29.